The van der Waals surface area contributed by atoms with E-state index in [0.29, 0.717) is 11.5 Å². The number of ether oxygens (including phenoxy) is 1. The summed E-state index contributed by atoms with van der Waals surface area (Å²) >= 11 is 2.25. The second-order valence-corrected chi connectivity index (χ2v) is 9.97. The van der Waals surface area contributed by atoms with Crippen LogP contribution in [0.5, 0.6) is 11.5 Å². The number of fused-ring (bicyclic) bond motifs is 3. The van der Waals surface area contributed by atoms with Crippen molar-refractivity contribution >= 4 is 33.5 Å². The molecule has 4 aromatic carbocycles. The monoisotopic (exact) mass is 498 g/mol. The molecule has 1 heterocycles. The zero-order valence-corrected chi connectivity index (χ0v) is 17.8. The topological polar surface area (TPSA) is 9.23 Å². The third-order valence-electron chi connectivity index (χ3n) is 4.74. The molecule has 5 rings (SSSR count). The molecular formula is C24H16FIOS. The van der Waals surface area contributed by atoms with Gasteiger partial charge in [0.25, 0.3) is 0 Å². The van der Waals surface area contributed by atoms with Gasteiger partial charge < -0.3 is 4.74 Å². The first-order valence-electron chi connectivity index (χ1n) is 8.92. The van der Waals surface area contributed by atoms with Crippen molar-refractivity contribution in [2.24, 2.45) is 0 Å². The maximum atomic E-state index is 14.5. The van der Waals surface area contributed by atoms with Crippen molar-refractivity contribution < 1.29 is 9.13 Å². The van der Waals surface area contributed by atoms with Crippen LogP contribution >= 0.6 is 33.5 Å². The summed E-state index contributed by atoms with van der Waals surface area (Å²) in [7, 11) is -0.805. The highest BCUT2D eigenvalue weighted by atomic mass is 127. The van der Waals surface area contributed by atoms with Crippen molar-refractivity contribution in [1.82, 2.24) is 0 Å². The van der Waals surface area contributed by atoms with E-state index in [1.807, 2.05) is 30.3 Å². The first-order chi connectivity index (χ1) is 13.7. The van der Waals surface area contributed by atoms with E-state index in [1.54, 1.807) is 6.07 Å². The van der Waals surface area contributed by atoms with E-state index < -0.39 is 10.9 Å². The van der Waals surface area contributed by atoms with Crippen LogP contribution in [0.1, 0.15) is 0 Å². The molecule has 138 valence electrons. The van der Waals surface area contributed by atoms with Crippen molar-refractivity contribution in [3.05, 3.63) is 100 Å². The molecule has 0 saturated heterocycles. The van der Waals surface area contributed by atoms with E-state index in [4.69, 9.17) is 4.74 Å². The summed E-state index contributed by atoms with van der Waals surface area (Å²) in [5.74, 6) is 0.958. The Kier molecular flexibility index (Phi) is 4.61. The van der Waals surface area contributed by atoms with Gasteiger partial charge in [-0.3, -0.25) is 0 Å². The summed E-state index contributed by atoms with van der Waals surface area (Å²) in [6, 6.07) is 29.7. The van der Waals surface area contributed by atoms with Crippen molar-refractivity contribution in [3.63, 3.8) is 0 Å². The molecule has 1 nitrogen and oxygen atoms in total. The first kappa shape index (κ1) is 17.8. The van der Waals surface area contributed by atoms with E-state index in [1.165, 1.54) is 27.0 Å². The molecule has 0 aliphatic carbocycles. The van der Waals surface area contributed by atoms with Crippen LogP contribution in [0.3, 0.4) is 0 Å². The maximum absolute atomic E-state index is 14.5. The van der Waals surface area contributed by atoms with Gasteiger partial charge in [-0.2, -0.15) is 10.9 Å². The van der Waals surface area contributed by atoms with Crippen LogP contribution in [0.2, 0.25) is 0 Å². The Morgan fingerprint density at radius 1 is 0.679 bits per heavy atom. The summed E-state index contributed by atoms with van der Waals surface area (Å²) in [5.41, 5.74) is 2.49. The predicted molar refractivity (Wildman–Crippen MR) is 121 cm³/mol. The Balaban J connectivity index is 1.60. The van der Waals surface area contributed by atoms with Crippen LogP contribution in [-0.4, -0.2) is 0 Å². The quantitative estimate of drug-likeness (QED) is 0.198. The number of thiol groups is 1. The molecule has 0 fully saturated rings. The lowest BCUT2D eigenvalue weighted by Crippen LogP contribution is -1.90. The molecule has 0 radical (unpaired) electrons. The van der Waals surface area contributed by atoms with Crippen LogP contribution < -0.4 is 4.74 Å². The molecule has 0 saturated carbocycles. The van der Waals surface area contributed by atoms with Gasteiger partial charge in [-0.25, -0.2) is 4.39 Å². The first-order valence-corrected chi connectivity index (χ1v) is 11.3. The fourth-order valence-corrected chi connectivity index (χ4v) is 6.60. The van der Waals surface area contributed by atoms with E-state index in [2.05, 4.69) is 71.1 Å². The molecule has 0 atom stereocenters. The smallest absolute Gasteiger partial charge is 0.131 e. The van der Waals surface area contributed by atoms with Crippen LogP contribution in [0.25, 0.3) is 11.1 Å². The zero-order chi connectivity index (χ0) is 19.1. The summed E-state index contributed by atoms with van der Waals surface area (Å²) in [6.45, 7) is 0. The van der Waals surface area contributed by atoms with Gasteiger partial charge in [-0.05, 0) is 82.2 Å². The Hall–Kier alpha value is -2.31. The van der Waals surface area contributed by atoms with Gasteiger partial charge in [-0.15, -0.1) is 0 Å². The lowest BCUT2D eigenvalue weighted by atomic mass is 10.1. The summed E-state index contributed by atoms with van der Waals surface area (Å²) in [4.78, 5) is 3.50. The molecule has 4 heteroatoms. The van der Waals surface area contributed by atoms with E-state index in [9.17, 15) is 4.39 Å². The number of halogens is 2. The highest BCUT2D eigenvalue weighted by Gasteiger charge is 2.27. The highest BCUT2D eigenvalue weighted by Crippen LogP contribution is 2.62. The zero-order valence-electron chi connectivity index (χ0n) is 14.8. The Bertz CT molecular complexity index is 1130. The van der Waals surface area contributed by atoms with Crippen molar-refractivity contribution in [2.45, 2.75) is 14.7 Å². The number of benzene rings is 4. The van der Waals surface area contributed by atoms with E-state index >= 15 is 0 Å². The molecule has 1 aliphatic rings. The van der Waals surface area contributed by atoms with Crippen molar-refractivity contribution in [2.75, 3.05) is 0 Å². The average molecular weight is 498 g/mol. The van der Waals surface area contributed by atoms with Crippen LogP contribution in [0.4, 0.5) is 4.39 Å². The van der Waals surface area contributed by atoms with Crippen LogP contribution in [0.15, 0.2) is 106 Å². The molecule has 28 heavy (non-hydrogen) atoms. The molecular weight excluding hydrogens is 482 g/mol. The van der Waals surface area contributed by atoms with Gasteiger partial charge in [0.1, 0.15) is 17.3 Å². The fraction of sp³-hybridized carbons (Fsp3) is 0. The molecule has 4 aromatic rings. The fourth-order valence-electron chi connectivity index (χ4n) is 3.58. The molecule has 0 spiro atoms. The van der Waals surface area contributed by atoms with Crippen molar-refractivity contribution in [3.8, 4) is 22.6 Å². The average Bonchev–Trinajstić information content (AvgIpc) is 3.04. The third kappa shape index (κ3) is 3.20. The molecule has 1 aliphatic heterocycles. The Morgan fingerprint density at radius 3 is 1.93 bits per heavy atom. The standard InChI is InChI=1S/C24H16FIOS/c25-16-13-19(27-18-11-9-17(26)10-12-18)15-20(14-16)28-23-7-3-1-5-21(23)22-6-2-4-8-24(22)28/h1-15,28H. The second-order valence-electron chi connectivity index (χ2n) is 6.57. The van der Waals surface area contributed by atoms with Gasteiger partial charge in [0.05, 0.1) is 0 Å². The Labute approximate surface area is 179 Å². The summed E-state index contributed by atoms with van der Waals surface area (Å²) in [5, 5.41) is 0. The lowest BCUT2D eigenvalue weighted by molar-refractivity contribution is 0.474. The molecule has 0 bridgehead atoms. The normalized spacial score (nSPS) is 13.1. The SMILES string of the molecule is Fc1cc(Oc2ccc(I)cc2)cc([SH]2c3ccccc3-c3ccccc32)c1. The van der Waals surface area contributed by atoms with Gasteiger partial charge in [0, 0.05) is 24.3 Å². The van der Waals surface area contributed by atoms with Crippen molar-refractivity contribution in [1.29, 1.82) is 0 Å². The minimum Gasteiger partial charge on any atom is -0.457 e. The maximum Gasteiger partial charge on any atom is 0.131 e. The van der Waals surface area contributed by atoms with Crippen LogP contribution in [0, 0.1) is 9.39 Å². The molecule has 0 unspecified atom stereocenters. The van der Waals surface area contributed by atoms with Gasteiger partial charge in [0.2, 0.25) is 0 Å². The Morgan fingerprint density at radius 2 is 1.29 bits per heavy atom. The molecule has 0 amide bonds. The predicted octanol–water partition coefficient (Wildman–Crippen LogP) is 7.68. The van der Waals surface area contributed by atoms with Gasteiger partial charge in [-0.1, -0.05) is 36.4 Å². The number of hydrogen-bond acceptors (Lipinski definition) is 1. The minimum absolute atomic E-state index is 0.276. The molecule has 0 aromatic heterocycles. The highest BCUT2D eigenvalue weighted by molar-refractivity contribution is 14.1. The molecule has 0 N–H and O–H groups in total. The third-order valence-corrected chi connectivity index (χ3v) is 7.98. The van der Waals surface area contributed by atoms with E-state index in [-0.39, 0.29) is 5.82 Å². The summed E-state index contributed by atoms with van der Waals surface area (Å²) < 4.78 is 21.6. The summed E-state index contributed by atoms with van der Waals surface area (Å²) in [6.07, 6.45) is 0. The van der Waals surface area contributed by atoms with Gasteiger partial charge in [0.15, 0.2) is 0 Å². The lowest BCUT2D eigenvalue weighted by Gasteiger charge is -2.20. The minimum atomic E-state index is -0.805. The number of hydrogen-bond donors (Lipinski definition) is 1. The second kappa shape index (κ2) is 7.26. The van der Waals surface area contributed by atoms with E-state index in [0.717, 1.165) is 8.47 Å². The number of rotatable bonds is 3. The van der Waals surface area contributed by atoms with Crippen LogP contribution in [-0.2, 0) is 0 Å². The largest absolute Gasteiger partial charge is 0.457 e. The van der Waals surface area contributed by atoms with Gasteiger partial charge >= 0.3 is 0 Å².